The Morgan fingerprint density at radius 3 is 2.47 bits per heavy atom. The largest absolute Gasteiger partial charge is 0.356 e. The van der Waals surface area contributed by atoms with E-state index in [1.807, 2.05) is 7.05 Å². The van der Waals surface area contributed by atoms with Crippen molar-refractivity contribution in [3.63, 3.8) is 0 Å². The number of nitrogens with zero attached hydrogens (tertiary/aromatic N) is 1. The van der Waals surface area contributed by atoms with Gasteiger partial charge in [0.1, 0.15) is 0 Å². The minimum absolute atomic E-state index is 0.687. The summed E-state index contributed by atoms with van der Waals surface area (Å²) in [7, 11) is 1.85. The summed E-state index contributed by atoms with van der Waals surface area (Å²) in [6, 6.07) is 0.687. The highest BCUT2D eigenvalue weighted by Gasteiger charge is 2.21. The lowest BCUT2D eigenvalue weighted by Crippen LogP contribution is -2.38. The van der Waals surface area contributed by atoms with Crippen molar-refractivity contribution in [3.05, 3.63) is 0 Å². The van der Waals surface area contributed by atoms with E-state index < -0.39 is 0 Å². The molecule has 1 saturated carbocycles. The summed E-state index contributed by atoms with van der Waals surface area (Å²) in [5.74, 6) is 1.84. The van der Waals surface area contributed by atoms with Crippen LogP contribution < -0.4 is 10.6 Å². The van der Waals surface area contributed by atoms with Crippen molar-refractivity contribution >= 4 is 5.96 Å². The molecule has 1 aliphatic carbocycles. The van der Waals surface area contributed by atoms with Crippen molar-refractivity contribution in [1.82, 2.24) is 10.6 Å². The van der Waals surface area contributed by atoms with Crippen LogP contribution >= 0.6 is 0 Å². The molecule has 3 heteroatoms. The normalized spacial score (nSPS) is 16.4. The highest BCUT2D eigenvalue weighted by atomic mass is 15.2. The van der Waals surface area contributed by atoms with E-state index in [1.165, 1.54) is 44.9 Å². The maximum Gasteiger partial charge on any atom is 0.191 e. The quantitative estimate of drug-likeness (QED) is 0.388. The summed E-state index contributed by atoms with van der Waals surface area (Å²) < 4.78 is 0. The van der Waals surface area contributed by atoms with Gasteiger partial charge in [0, 0.05) is 19.6 Å². The molecule has 1 aliphatic rings. The number of hydrogen-bond acceptors (Lipinski definition) is 1. The second kappa shape index (κ2) is 8.37. The molecule has 1 rings (SSSR count). The van der Waals surface area contributed by atoms with Gasteiger partial charge in [0.2, 0.25) is 0 Å². The van der Waals surface area contributed by atoms with Gasteiger partial charge in [0.25, 0.3) is 0 Å². The molecule has 17 heavy (non-hydrogen) atoms. The number of rotatable bonds is 8. The van der Waals surface area contributed by atoms with E-state index >= 15 is 0 Å². The third-order valence-electron chi connectivity index (χ3n) is 3.14. The molecule has 0 amide bonds. The van der Waals surface area contributed by atoms with E-state index in [0.29, 0.717) is 6.04 Å². The molecular formula is C14H29N3. The Morgan fingerprint density at radius 1 is 1.18 bits per heavy atom. The van der Waals surface area contributed by atoms with Crippen molar-refractivity contribution in [2.75, 3.05) is 13.6 Å². The van der Waals surface area contributed by atoms with Crippen LogP contribution in [-0.4, -0.2) is 25.6 Å². The average molecular weight is 239 g/mol. The van der Waals surface area contributed by atoms with Gasteiger partial charge < -0.3 is 10.6 Å². The van der Waals surface area contributed by atoms with Gasteiger partial charge in [-0.3, -0.25) is 4.99 Å². The van der Waals surface area contributed by atoms with Crippen molar-refractivity contribution in [3.8, 4) is 0 Å². The summed E-state index contributed by atoms with van der Waals surface area (Å²) in [6.07, 6.45) is 9.31. The number of aliphatic imine (C=N–C) groups is 1. The fourth-order valence-corrected chi connectivity index (χ4v) is 1.85. The Labute approximate surface area is 106 Å². The smallest absolute Gasteiger partial charge is 0.191 e. The predicted molar refractivity (Wildman–Crippen MR) is 75.4 cm³/mol. The van der Waals surface area contributed by atoms with Gasteiger partial charge in [-0.05, 0) is 25.2 Å². The molecule has 0 aromatic rings. The Bertz CT molecular complexity index is 220. The van der Waals surface area contributed by atoms with Crippen LogP contribution in [0.4, 0.5) is 0 Å². The van der Waals surface area contributed by atoms with Gasteiger partial charge >= 0.3 is 0 Å². The highest BCUT2D eigenvalue weighted by Crippen LogP contribution is 2.18. The predicted octanol–water partition coefficient (Wildman–Crippen LogP) is 2.92. The molecule has 0 aromatic carbocycles. The number of hydrogen-bond donors (Lipinski definition) is 2. The maximum absolute atomic E-state index is 4.22. The van der Waals surface area contributed by atoms with Crippen LogP contribution in [0.2, 0.25) is 0 Å². The number of nitrogens with one attached hydrogen (secondary N) is 2. The zero-order valence-corrected chi connectivity index (χ0v) is 11.8. The molecule has 0 unspecified atom stereocenters. The van der Waals surface area contributed by atoms with E-state index in [-0.39, 0.29) is 0 Å². The van der Waals surface area contributed by atoms with Gasteiger partial charge in [-0.2, -0.15) is 0 Å². The third kappa shape index (κ3) is 8.06. The zero-order valence-electron chi connectivity index (χ0n) is 11.8. The fourth-order valence-electron chi connectivity index (χ4n) is 1.85. The minimum Gasteiger partial charge on any atom is -0.356 e. The Morgan fingerprint density at radius 2 is 1.88 bits per heavy atom. The standard InChI is InChI=1S/C14H29N3/c1-12(2)8-6-4-5-7-11-16-14(15-3)17-13-9-10-13/h12-13H,4-11H2,1-3H3,(H2,15,16,17). The first-order chi connectivity index (χ1) is 8.22. The molecule has 0 radical (unpaired) electrons. The van der Waals surface area contributed by atoms with Crippen LogP contribution in [0.15, 0.2) is 4.99 Å². The summed E-state index contributed by atoms with van der Waals surface area (Å²) in [6.45, 7) is 5.65. The molecule has 1 fully saturated rings. The third-order valence-corrected chi connectivity index (χ3v) is 3.14. The van der Waals surface area contributed by atoms with Gasteiger partial charge in [0.05, 0.1) is 0 Å². The van der Waals surface area contributed by atoms with Gasteiger partial charge in [-0.25, -0.2) is 0 Å². The Hall–Kier alpha value is -0.730. The summed E-state index contributed by atoms with van der Waals surface area (Å²) in [5, 5.41) is 6.78. The van der Waals surface area contributed by atoms with E-state index in [2.05, 4.69) is 29.5 Å². The molecule has 0 heterocycles. The SMILES string of the molecule is CN=C(NCCCCCCC(C)C)NC1CC1. The molecule has 0 spiro atoms. The fraction of sp³-hybridized carbons (Fsp3) is 0.929. The van der Waals surface area contributed by atoms with Crippen molar-refractivity contribution in [2.24, 2.45) is 10.9 Å². The lowest BCUT2D eigenvalue weighted by Gasteiger charge is -2.10. The second-order valence-electron chi connectivity index (χ2n) is 5.51. The summed E-state index contributed by atoms with van der Waals surface area (Å²) >= 11 is 0. The molecule has 3 nitrogen and oxygen atoms in total. The molecule has 0 aromatic heterocycles. The van der Waals surface area contributed by atoms with E-state index in [4.69, 9.17) is 0 Å². The molecule has 0 aliphatic heterocycles. The Kier molecular flexibility index (Phi) is 7.06. The van der Waals surface area contributed by atoms with Crippen molar-refractivity contribution in [1.29, 1.82) is 0 Å². The lowest BCUT2D eigenvalue weighted by molar-refractivity contribution is 0.518. The molecule has 100 valence electrons. The molecule has 0 atom stereocenters. The molecule has 0 saturated heterocycles. The average Bonchev–Trinajstić information content (AvgIpc) is 3.09. The number of unbranched alkanes of at least 4 members (excludes halogenated alkanes) is 3. The van der Waals surface area contributed by atoms with Crippen LogP contribution in [0.3, 0.4) is 0 Å². The van der Waals surface area contributed by atoms with Crippen LogP contribution in [0.25, 0.3) is 0 Å². The van der Waals surface area contributed by atoms with E-state index in [0.717, 1.165) is 18.4 Å². The van der Waals surface area contributed by atoms with Crippen LogP contribution in [0, 0.1) is 5.92 Å². The first kappa shape index (κ1) is 14.3. The lowest BCUT2D eigenvalue weighted by atomic mass is 10.0. The molecule has 2 N–H and O–H groups in total. The summed E-state index contributed by atoms with van der Waals surface area (Å²) in [4.78, 5) is 4.22. The Balaban J connectivity index is 1.88. The maximum atomic E-state index is 4.22. The van der Waals surface area contributed by atoms with Crippen LogP contribution in [0.1, 0.15) is 58.8 Å². The van der Waals surface area contributed by atoms with Gasteiger partial charge in [-0.15, -0.1) is 0 Å². The minimum atomic E-state index is 0.687. The number of guanidine groups is 1. The monoisotopic (exact) mass is 239 g/mol. The van der Waals surface area contributed by atoms with Gasteiger partial charge in [-0.1, -0.05) is 39.5 Å². The highest BCUT2D eigenvalue weighted by molar-refractivity contribution is 5.80. The first-order valence-corrected chi connectivity index (χ1v) is 7.19. The second-order valence-corrected chi connectivity index (χ2v) is 5.51. The van der Waals surface area contributed by atoms with E-state index in [9.17, 15) is 0 Å². The van der Waals surface area contributed by atoms with Crippen molar-refractivity contribution in [2.45, 2.75) is 64.8 Å². The molecule has 0 bridgehead atoms. The van der Waals surface area contributed by atoms with Crippen molar-refractivity contribution < 1.29 is 0 Å². The van der Waals surface area contributed by atoms with Gasteiger partial charge in [0.15, 0.2) is 5.96 Å². The van der Waals surface area contributed by atoms with E-state index in [1.54, 1.807) is 0 Å². The zero-order chi connectivity index (χ0) is 12.5. The molecular weight excluding hydrogens is 210 g/mol. The first-order valence-electron chi connectivity index (χ1n) is 7.19. The van der Waals surface area contributed by atoms with Crippen LogP contribution in [0.5, 0.6) is 0 Å². The summed E-state index contributed by atoms with van der Waals surface area (Å²) in [5.41, 5.74) is 0. The topological polar surface area (TPSA) is 36.4 Å². The van der Waals surface area contributed by atoms with Crippen LogP contribution in [-0.2, 0) is 0 Å².